The second kappa shape index (κ2) is 7.28. The van der Waals surface area contributed by atoms with E-state index in [1.54, 1.807) is 16.9 Å². The third kappa shape index (κ3) is 3.99. The first-order chi connectivity index (χ1) is 10.6. The van der Waals surface area contributed by atoms with Crippen molar-refractivity contribution in [3.05, 3.63) is 36.7 Å². The fourth-order valence-corrected chi connectivity index (χ4v) is 3.18. The maximum absolute atomic E-state index is 12.3. The first kappa shape index (κ1) is 16.3. The van der Waals surface area contributed by atoms with Gasteiger partial charge in [0.2, 0.25) is 10.0 Å². The van der Waals surface area contributed by atoms with Gasteiger partial charge < -0.3 is 9.47 Å². The Morgan fingerprint density at radius 1 is 1.27 bits per heavy atom. The summed E-state index contributed by atoms with van der Waals surface area (Å²) >= 11 is 0. The molecule has 1 N–H and O–H groups in total. The highest BCUT2D eigenvalue weighted by molar-refractivity contribution is 7.89. The number of benzene rings is 1. The van der Waals surface area contributed by atoms with E-state index in [9.17, 15) is 8.42 Å². The number of hydrogen-bond donors (Lipinski definition) is 1. The Hall–Kier alpha value is -2.06. The van der Waals surface area contributed by atoms with Gasteiger partial charge in [-0.3, -0.25) is 4.68 Å². The smallest absolute Gasteiger partial charge is 0.244 e. The highest BCUT2D eigenvalue weighted by Crippen LogP contribution is 2.28. The number of hydrogen-bond acceptors (Lipinski definition) is 5. The molecule has 0 unspecified atom stereocenters. The van der Waals surface area contributed by atoms with Gasteiger partial charge in [0.25, 0.3) is 0 Å². The van der Waals surface area contributed by atoms with Crippen molar-refractivity contribution in [3.63, 3.8) is 0 Å². The Balaban J connectivity index is 2.00. The summed E-state index contributed by atoms with van der Waals surface area (Å²) in [5.41, 5.74) is 0. The fourth-order valence-electron chi connectivity index (χ4n) is 1.95. The van der Waals surface area contributed by atoms with Crippen molar-refractivity contribution in [2.75, 3.05) is 20.8 Å². The number of nitrogens with zero attached hydrogens (tertiary/aromatic N) is 2. The summed E-state index contributed by atoms with van der Waals surface area (Å²) in [6, 6.07) is 6.42. The lowest BCUT2D eigenvalue weighted by Gasteiger charge is -2.12. The first-order valence-corrected chi connectivity index (χ1v) is 8.24. The van der Waals surface area contributed by atoms with E-state index in [2.05, 4.69) is 9.82 Å². The van der Waals surface area contributed by atoms with E-state index in [-0.39, 0.29) is 10.6 Å². The summed E-state index contributed by atoms with van der Waals surface area (Å²) in [4.78, 5) is 0.0925. The van der Waals surface area contributed by atoms with Gasteiger partial charge in [0, 0.05) is 31.5 Å². The summed E-state index contributed by atoms with van der Waals surface area (Å²) in [5.74, 6) is 0.786. The van der Waals surface area contributed by atoms with Crippen LogP contribution in [0.4, 0.5) is 0 Å². The van der Waals surface area contributed by atoms with Gasteiger partial charge in [-0.05, 0) is 24.6 Å². The number of ether oxygens (including phenoxy) is 2. The van der Waals surface area contributed by atoms with Crippen LogP contribution in [0, 0.1) is 0 Å². The third-order valence-electron chi connectivity index (χ3n) is 3.08. The van der Waals surface area contributed by atoms with Crippen molar-refractivity contribution in [2.24, 2.45) is 0 Å². The Kier molecular flexibility index (Phi) is 5.40. The molecule has 0 aliphatic heterocycles. The number of sulfonamides is 1. The van der Waals surface area contributed by atoms with Crippen molar-refractivity contribution in [1.29, 1.82) is 0 Å². The van der Waals surface area contributed by atoms with Crippen LogP contribution in [0.15, 0.2) is 41.6 Å². The van der Waals surface area contributed by atoms with Gasteiger partial charge in [-0.2, -0.15) is 5.10 Å². The Morgan fingerprint density at radius 2 is 2.09 bits per heavy atom. The standard InChI is InChI=1S/C14H19N3O4S/c1-20-12-5-6-14(13(11-12)21-2)22(18,19)16-8-4-10-17-9-3-7-15-17/h3,5-7,9,11,16H,4,8,10H2,1-2H3. The summed E-state index contributed by atoms with van der Waals surface area (Å²) in [6.45, 7) is 0.965. The monoisotopic (exact) mass is 325 g/mol. The minimum atomic E-state index is -3.63. The molecule has 0 amide bonds. The molecule has 0 saturated heterocycles. The maximum atomic E-state index is 12.3. The largest absolute Gasteiger partial charge is 0.497 e. The van der Waals surface area contributed by atoms with Crippen LogP contribution in [-0.4, -0.2) is 39.0 Å². The quantitative estimate of drug-likeness (QED) is 0.739. The average molecular weight is 325 g/mol. The molecule has 0 fully saturated rings. The number of nitrogens with one attached hydrogen (secondary N) is 1. The van der Waals surface area contributed by atoms with Gasteiger partial charge in [0.15, 0.2) is 0 Å². The molecule has 0 aliphatic rings. The van der Waals surface area contributed by atoms with E-state index in [4.69, 9.17) is 9.47 Å². The molecule has 0 bridgehead atoms. The molecule has 7 nitrogen and oxygen atoms in total. The topological polar surface area (TPSA) is 82.5 Å². The van der Waals surface area contributed by atoms with E-state index in [0.717, 1.165) is 0 Å². The zero-order valence-electron chi connectivity index (χ0n) is 12.5. The molecule has 0 spiro atoms. The zero-order chi connectivity index (χ0) is 16.0. The zero-order valence-corrected chi connectivity index (χ0v) is 13.3. The molecule has 2 rings (SSSR count). The summed E-state index contributed by atoms with van der Waals surface area (Å²) < 4.78 is 39.1. The highest BCUT2D eigenvalue weighted by Gasteiger charge is 2.19. The number of rotatable bonds is 8. The molecule has 120 valence electrons. The lowest BCUT2D eigenvalue weighted by atomic mass is 10.3. The van der Waals surface area contributed by atoms with Gasteiger partial charge in [-0.15, -0.1) is 0 Å². The molecule has 0 atom stereocenters. The maximum Gasteiger partial charge on any atom is 0.244 e. The van der Waals surface area contributed by atoms with Gasteiger partial charge >= 0.3 is 0 Å². The van der Waals surface area contributed by atoms with Gasteiger partial charge in [0.1, 0.15) is 16.4 Å². The van der Waals surface area contributed by atoms with Crippen molar-refractivity contribution in [1.82, 2.24) is 14.5 Å². The van der Waals surface area contributed by atoms with Gasteiger partial charge in [-0.25, -0.2) is 13.1 Å². The molecule has 0 aliphatic carbocycles. The van der Waals surface area contributed by atoms with E-state index in [0.29, 0.717) is 25.3 Å². The highest BCUT2D eigenvalue weighted by atomic mass is 32.2. The van der Waals surface area contributed by atoms with E-state index < -0.39 is 10.0 Å². The molecule has 1 aromatic carbocycles. The van der Waals surface area contributed by atoms with Gasteiger partial charge in [-0.1, -0.05) is 0 Å². The minimum Gasteiger partial charge on any atom is -0.497 e. The molecule has 1 aromatic heterocycles. The van der Waals surface area contributed by atoms with Gasteiger partial charge in [0.05, 0.1) is 14.2 Å². The lowest BCUT2D eigenvalue weighted by molar-refractivity contribution is 0.386. The second-order valence-corrected chi connectivity index (χ2v) is 6.27. The van der Waals surface area contributed by atoms with Crippen LogP contribution in [-0.2, 0) is 16.6 Å². The lowest BCUT2D eigenvalue weighted by Crippen LogP contribution is -2.26. The van der Waals surface area contributed by atoms with E-state index >= 15 is 0 Å². The summed E-state index contributed by atoms with van der Waals surface area (Å²) in [6.07, 6.45) is 4.16. The predicted molar refractivity (Wildman–Crippen MR) is 81.6 cm³/mol. The van der Waals surface area contributed by atoms with Crippen LogP contribution >= 0.6 is 0 Å². The normalized spacial score (nSPS) is 11.4. The minimum absolute atomic E-state index is 0.0925. The molecule has 0 saturated carbocycles. The predicted octanol–water partition coefficient (Wildman–Crippen LogP) is 1.27. The molecule has 0 radical (unpaired) electrons. The van der Waals surface area contributed by atoms with Crippen molar-refractivity contribution in [3.8, 4) is 11.5 Å². The molecular weight excluding hydrogens is 306 g/mol. The molecular formula is C14H19N3O4S. The Labute approximate surface area is 129 Å². The average Bonchev–Trinajstić information content (AvgIpc) is 3.04. The molecule has 22 heavy (non-hydrogen) atoms. The van der Waals surface area contributed by atoms with E-state index in [1.807, 2.05) is 12.3 Å². The third-order valence-corrected chi connectivity index (χ3v) is 4.58. The summed E-state index contributed by atoms with van der Waals surface area (Å²) in [7, 11) is -0.697. The molecule has 1 heterocycles. The van der Waals surface area contributed by atoms with Crippen molar-refractivity contribution >= 4 is 10.0 Å². The van der Waals surface area contributed by atoms with Crippen LogP contribution in [0.3, 0.4) is 0 Å². The van der Waals surface area contributed by atoms with Crippen LogP contribution < -0.4 is 14.2 Å². The number of aromatic nitrogens is 2. The second-order valence-electron chi connectivity index (χ2n) is 4.54. The van der Waals surface area contributed by atoms with E-state index in [1.165, 1.54) is 26.4 Å². The van der Waals surface area contributed by atoms with Crippen molar-refractivity contribution in [2.45, 2.75) is 17.9 Å². The van der Waals surface area contributed by atoms with Crippen LogP contribution in [0.5, 0.6) is 11.5 Å². The van der Waals surface area contributed by atoms with Crippen LogP contribution in [0.1, 0.15) is 6.42 Å². The first-order valence-electron chi connectivity index (χ1n) is 6.76. The SMILES string of the molecule is COc1ccc(S(=O)(=O)NCCCn2cccn2)c(OC)c1. The summed E-state index contributed by atoms with van der Waals surface area (Å²) in [5, 5.41) is 4.06. The van der Waals surface area contributed by atoms with Crippen LogP contribution in [0.2, 0.25) is 0 Å². The number of aryl methyl sites for hydroxylation is 1. The molecule has 2 aromatic rings. The Bertz CT molecular complexity index is 699. The fraction of sp³-hybridized carbons (Fsp3) is 0.357. The number of methoxy groups -OCH3 is 2. The van der Waals surface area contributed by atoms with Crippen molar-refractivity contribution < 1.29 is 17.9 Å². The molecule has 8 heteroatoms. The Morgan fingerprint density at radius 3 is 2.73 bits per heavy atom. The van der Waals surface area contributed by atoms with Crippen LogP contribution in [0.25, 0.3) is 0 Å².